The number of hydrogen-bond acceptors (Lipinski definition) is 6. The normalized spacial score (nSPS) is 14.2. The highest BCUT2D eigenvalue weighted by atomic mass is 32.9. The SMILES string of the molecule is COc1cc(C(=O)O)c2c(c1)-c1c(ssc1=Nc1ccc(-c3ccccc3)cc1)C(C)(C)N2. The van der Waals surface area contributed by atoms with Gasteiger partial charge in [-0.1, -0.05) is 63.1 Å². The fourth-order valence-corrected chi connectivity index (χ4v) is 7.01. The molecule has 1 aromatic heterocycles. The first kappa shape index (κ1) is 21.4. The molecule has 0 radical (unpaired) electrons. The molecule has 0 bridgehead atoms. The number of rotatable bonds is 4. The number of nitrogens with one attached hydrogen (secondary N) is 1. The number of aromatic carboxylic acids is 1. The van der Waals surface area contributed by atoms with Crippen LogP contribution in [0.5, 0.6) is 5.75 Å². The molecule has 2 heterocycles. The number of ether oxygens (including phenoxy) is 1. The summed E-state index contributed by atoms with van der Waals surface area (Å²) in [5, 5.41) is 13.3. The second kappa shape index (κ2) is 8.17. The lowest BCUT2D eigenvalue weighted by molar-refractivity contribution is 0.0697. The van der Waals surface area contributed by atoms with Crippen LogP contribution in [0.3, 0.4) is 0 Å². The maximum atomic E-state index is 12.0. The Morgan fingerprint density at radius 2 is 1.70 bits per heavy atom. The quantitative estimate of drug-likeness (QED) is 0.321. The van der Waals surface area contributed by atoms with E-state index in [-0.39, 0.29) is 5.56 Å². The van der Waals surface area contributed by atoms with E-state index >= 15 is 0 Å². The van der Waals surface area contributed by atoms with Gasteiger partial charge in [0, 0.05) is 11.1 Å². The van der Waals surface area contributed by atoms with Gasteiger partial charge in [-0.05, 0) is 49.2 Å². The van der Waals surface area contributed by atoms with Gasteiger partial charge in [-0.3, -0.25) is 0 Å². The molecule has 0 saturated heterocycles. The fourth-order valence-electron chi connectivity index (χ4n) is 4.07. The van der Waals surface area contributed by atoms with Crippen molar-refractivity contribution in [3.05, 3.63) is 81.8 Å². The van der Waals surface area contributed by atoms with Crippen LogP contribution in [0.4, 0.5) is 11.4 Å². The topological polar surface area (TPSA) is 70.9 Å². The maximum absolute atomic E-state index is 12.0. The van der Waals surface area contributed by atoms with E-state index < -0.39 is 11.5 Å². The van der Waals surface area contributed by atoms with Crippen molar-refractivity contribution in [2.75, 3.05) is 12.4 Å². The van der Waals surface area contributed by atoms with Crippen molar-refractivity contribution < 1.29 is 14.6 Å². The van der Waals surface area contributed by atoms with Crippen LogP contribution in [0.2, 0.25) is 0 Å². The molecule has 5 rings (SSSR count). The molecule has 0 atom stereocenters. The van der Waals surface area contributed by atoms with Crippen LogP contribution >= 0.6 is 20.7 Å². The van der Waals surface area contributed by atoms with Gasteiger partial charge in [0.05, 0.1) is 34.5 Å². The van der Waals surface area contributed by atoms with Crippen LogP contribution < -0.4 is 14.7 Å². The van der Waals surface area contributed by atoms with Gasteiger partial charge in [-0.2, -0.15) is 0 Å². The molecule has 0 saturated carbocycles. The summed E-state index contributed by atoms with van der Waals surface area (Å²) in [7, 11) is 4.81. The van der Waals surface area contributed by atoms with Crippen molar-refractivity contribution in [2.45, 2.75) is 19.4 Å². The van der Waals surface area contributed by atoms with E-state index in [0.29, 0.717) is 11.4 Å². The number of hydrogen-bond donors (Lipinski definition) is 2. The van der Waals surface area contributed by atoms with Gasteiger partial charge < -0.3 is 15.2 Å². The van der Waals surface area contributed by atoms with E-state index in [0.717, 1.165) is 37.5 Å². The monoisotopic (exact) mass is 474 g/mol. The lowest BCUT2D eigenvalue weighted by atomic mass is 9.88. The molecule has 0 fully saturated rings. The summed E-state index contributed by atoms with van der Waals surface area (Å²) in [6.07, 6.45) is 0. The molecular weight excluding hydrogens is 452 g/mol. The number of nitrogens with zero attached hydrogens (tertiary/aromatic N) is 1. The summed E-state index contributed by atoms with van der Waals surface area (Å²) in [6.45, 7) is 4.12. The Bertz CT molecular complexity index is 1420. The Hall–Kier alpha value is -3.42. The summed E-state index contributed by atoms with van der Waals surface area (Å²) in [4.78, 5) is 18.1. The Morgan fingerprint density at radius 3 is 2.36 bits per heavy atom. The van der Waals surface area contributed by atoms with Crippen molar-refractivity contribution in [1.82, 2.24) is 0 Å². The van der Waals surface area contributed by atoms with E-state index in [1.165, 1.54) is 0 Å². The third-order valence-corrected chi connectivity index (χ3v) is 8.34. The third kappa shape index (κ3) is 3.83. The molecular formula is C26H22N2O3S2. The van der Waals surface area contributed by atoms with Gasteiger partial charge in [0.25, 0.3) is 0 Å². The predicted molar refractivity (Wildman–Crippen MR) is 135 cm³/mol. The first-order valence-electron chi connectivity index (χ1n) is 10.4. The zero-order valence-corrected chi connectivity index (χ0v) is 20.0. The van der Waals surface area contributed by atoms with Crippen LogP contribution in [0.25, 0.3) is 22.3 Å². The third-order valence-electron chi connectivity index (χ3n) is 5.70. The Labute approximate surface area is 199 Å². The van der Waals surface area contributed by atoms with Crippen LogP contribution in [-0.2, 0) is 5.54 Å². The Balaban J connectivity index is 1.67. The van der Waals surface area contributed by atoms with Crippen molar-refractivity contribution in [3.8, 4) is 28.0 Å². The van der Waals surface area contributed by atoms with Gasteiger partial charge in [0.15, 0.2) is 0 Å². The number of fused-ring (bicyclic) bond motifs is 3. The Kier molecular flexibility index (Phi) is 5.31. The number of anilines is 1. The van der Waals surface area contributed by atoms with Crippen molar-refractivity contribution >= 4 is 38.0 Å². The molecule has 1 aliphatic heterocycles. The first-order chi connectivity index (χ1) is 15.9. The van der Waals surface area contributed by atoms with Crippen LogP contribution in [0.1, 0.15) is 29.1 Å². The summed E-state index contributed by atoms with van der Waals surface area (Å²) >= 11 is 0. The van der Waals surface area contributed by atoms with Crippen LogP contribution in [0.15, 0.2) is 71.7 Å². The van der Waals surface area contributed by atoms with Gasteiger partial charge in [0.2, 0.25) is 0 Å². The van der Waals surface area contributed by atoms with E-state index in [9.17, 15) is 9.90 Å². The average Bonchev–Trinajstić information content (AvgIpc) is 3.24. The highest BCUT2D eigenvalue weighted by Crippen LogP contribution is 2.48. The van der Waals surface area contributed by atoms with E-state index in [1.54, 1.807) is 33.9 Å². The molecule has 0 spiro atoms. The maximum Gasteiger partial charge on any atom is 0.337 e. The largest absolute Gasteiger partial charge is 0.497 e. The summed E-state index contributed by atoms with van der Waals surface area (Å²) < 4.78 is 6.28. The van der Waals surface area contributed by atoms with Gasteiger partial charge in [-0.25, -0.2) is 9.79 Å². The minimum Gasteiger partial charge on any atom is -0.497 e. The number of methoxy groups -OCH3 is 1. The smallest absolute Gasteiger partial charge is 0.337 e. The fraction of sp³-hybridized carbons (Fsp3) is 0.154. The van der Waals surface area contributed by atoms with E-state index in [1.807, 2.05) is 36.4 Å². The molecule has 1 aliphatic rings. The predicted octanol–water partition coefficient (Wildman–Crippen LogP) is 6.74. The molecule has 2 N–H and O–H groups in total. The average molecular weight is 475 g/mol. The summed E-state index contributed by atoms with van der Waals surface area (Å²) in [6, 6.07) is 21.9. The van der Waals surface area contributed by atoms with Crippen molar-refractivity contribution in [3.63, 3.8) is 0 Å². The van der Waals surface area contributed by atoms with Crippen molar-refractivity contribution in [1.29, 1.82) is 0 Å². The second-order valence-corrected chi connectivity index (χ2v) is 10.5. The van der Waals surface area contributed by atoms with Crippen molar-refractivity contribution in [2.24, 2.45) is 4.99 Å². The van der Waals surface area contributed by atoms with Gasteiger partial charge in [0.1, 0.15) is 10.4 Å². The zero-order chi connectivity index (χ0) is 23.2. The number of carbonyl (C=O) groups is 1. The first-order valence-corrected chi connectivity index (χ1v) is 12.6. The molecule has 33 heavy (non-hydrogen) atoms. The van der Waals surface area contributed by atoms with Gasteiger partial charge in [-0.15, -0.1) is 0 Å². The van der Waals surface area contributed by atoms with Crippen LogP contribution in [-0.4, -0.2) is 18.2 Å². The highest BCUT2D eigenvalue weighted by Gasteiger charge is 2.36. The minimum absolute atomic E-state index is 0.192. The highest BCUT2D eigenvalue weighted by molar-refractivity contribution is 7.68. The minimum atomic E-state index is -0.995. The number of carboxylic acids is 1. The molecule has 0 aliphatic carbocycles. The zero-order valence-electron chi connectivity index (χ0n) is 18.4. The molecule has 7 heteroatoms. The van der Waals surface area contributed by atoms with Crippen LogP contribution in [0, 0.1) is 0 Å². The standard InChI is InChI=1S/C26H22N2O3S2/c1-26(2)23-21(19-13-18(31-3)14-20(25(29)30)22(19)28-26)24(33-32-23)27-17-11-9-16(10-12-17)15-7-5-4-6-8-15/h4-14,28H,1-3H3,(H,29,30). The lowest BCUT2D eigenvalue weighted by Gasteiger charge is -2.34. The molecule has 3 aromatic carbocycles. The summed E-state index contributed by atoms with van der Waals surface area (Å²) in [5.41, 5.74) is 5.29. The molecule has 5 nitrogen and oxygen atoms in total. The number of benzene rings is 3. The summed E-state index contributed by atoms with van der Waals surface area (Å²) in [5.74, 6) is -0.487. The molecule has 4 aromatic rings. The number of carboxylic acid groups (broad SMARTS) is 1. The van der Waals surface area contributed by atoms with Gasteiger partial charge >= 0.3 is 5.97 Å². The molecule has 0 unspecified atom stereocenters. The molecule has 166 valence electrons. The van der Waals surface area contributed by atoms with E-state index in [2.05, 4.69) is 43.4 Å². The second-order valence-electron chi connectivity index (χ2n) is 8.35. The Morgan fingerprint density at radius 1 is 1.00 bits per heavy atom. The molecule has 0 amide bonds. The lowest BCUT2D eigenvalue weighted by Crippen LogP contribution is -2.32. The van der Waals surface area contributed by atoms with E-state index in [4.69, 9.17) is 9.73 Å².